The van der Waals surface area contributed by atoms with Crippen molar-refractivity contribution in [2.75, 3.05) is 33.0 Å². The summed E-state index contributed by atoms with van der Waals surface area (Å²) in [6, 6.07) is 0. The number of hydrogen-bond acceptors (Lipinski definition) is 14. The van der Waals surface area contributed by atoms with E-state index in [0.29, 0.717) is 13.0 Å². The highest BCUT2D eigenvalue weighted by molar-refractivity contribution is 5.69. The van der Waals surface area contributed by atoms with E-state index in [1.165, 1.54) is 173 Å². The van der Waals surface area contributed by atoms with Crippen LogP contribution in [0.15, 0.2) is 36.5 Å². The van der Waals surface area contributed by atoms with Crippen molar-refractivity contribution >= 4 is 5.97 Å². The Morgan fingerprint density at radius 2 is 0.816 bits per heavy atom. The molecule has 76 heavy (non-hydrogen) atoms. The van der Waals surface area contributed by atoms with Gasteiger partial charge in [-0.05, 0) is 70.6 Å². The first kappa shape index (κ1) is 70.3. The van der Waals surface area contributed by atoms with Gasteiger partial charge in [0, 0.05) is 13.0 Å². The van der Waals surface area contributed by atoms with Gasteiger partial charge in [0.2, 0.25) is 0 Å². The minimum Gasteiger partial charge on any atom is -0.457 e. The van der Waals surface area contributed by atoms with Gasteiger partial charge in [0.05, 0.1) is 26.4 Å². The molecule has 0 spiro atoms. The average molecular weight is 1080 g/mol. The zero-order valence-electron chi connectivity index (χ0n) is 48.0. The summed E-state index contributed by atoms with van der Waals surface area (Å²) in [5.74, 6) is -0.376. The van der Waals surface area contributed by atoms with Crippen LogP contribution in [0.3, 0.4) is 0 Å². The fourth-order valence-electron chi connectivity index (χ4n) is 9.84. The van der Waals surface area contributed by atoms with Crippen LogP contribution in [0.4, 0.5) is 0 Å². The minimum absolute atomic E-state index is 0.0591. The van der Waals surface area contributed by atoms with Gasteiger partial charge in [-0.25, -0.2) is 0 Å². The molecule has 2 fully saturated rings. The highest BCUT2D eigenvalue weighted by atomic mass is 16.7. The van der Waals surface area contributed by atoms with Crippen molar-refractivity contribution < 1.29 is 69.0 Å². The number of hydrogen-bond donors (Lipinski definition) is 7. The SMILES string of the molecule is CCCCCC/C=C\C/C=C\CCCCCCCCCCOCC(COC1OC(COC2OC(CO)C(O)C(O)C2O)C(O)C(O)C1O)OC(=O)CCCCCCCCCCCCC/C=C\CCCCCCCCCC. The largest absolute Gasteiger partial charge is 0.457 e. The summed E-state index contributed by atoms with van der Waals surface area (Å²) in [6.07, 6.45) is 42.0. The van der Waals surface area contributed by atoms with Gasteiger partial charge in [-0.2, -0.15) is 0 Å². The van der Waals surface area contributed by atoms with E-state index in [0.717, 1.165) is 51.4 Å². The lowest BCUT2D eigenvalue weighted by Crippen LogP contribution is -2.61. The molecule has 0 aliphatic carbocycles. The molecule has 2 aliphatic rings. The summed E-state index contributed by atoms with van der Waals surface area (Å²) >= 11 is 0. The number of carbonyl (C=O) groups excluding carboxylic acids is 1. The van der Waals surface area contributed by atoms with Gasteiger partial charge in [0.15, 0.2) is 12.6 Å². The van der Waals surface area contributed by atoms with E-state index in [-0.39, 0.29) is 25.6 Å². The Labute approximate surface area is 461 Å². The maximum absolute atomic E-state index is 13.1. The summed E-state index contributed by atoms with van der Waals surface area (Å²) in [5.41, 5.74) is 0. The molecule has 0 radical (unpaired) electrons. The Bertz CT molecular complexity index is 1400. The van der Waals surface area contributed by atoms with Crippen molar-refractivity contribution in [2.45, 2.75) is 319 Å². The first-order valence-corrected chi connectivity index (χ1v) is 31.1. The van der Waals surface area contributed by atoms with E-state index in [1.54, 1.807) is 0 Å². The van der Waals surface area contributed by atoms with E-state index in [9.17, 15) is 40.5 Å². The zero-order chi connectivity index (χ0) is 55.1. The summed E-state index contributed by atoms with van der Waals surface area (Å²) in [5, 5.41) is 72.4. The average Bonchev–Trinajstić information content (AvgIpc) is 3.42. The van der Waals surface area contributed by atoms with Crippen LogP contribution in [-0.4, -0.2) is 142 Å². The lowest BCUT2D eigenvalue weighted by Gasteiger charge is -2.42. The van der Waals surface area contributed by atoms with Crippen LogP contribution in [0.25, 0.3) is 0 Å². The van der Waals surface area contributed by atoms with Gasteiger partial charge in [-0.1, -0.05) is 211 Å². The Kier molecular flexibility index (Phi) is 45.4. The summed E-state index contributed by atoms with van der Waals surface area (Å²) in [7, 11) is 0. The molecule has 14 heteroatoms. The first-order valence-electron chi connectivity index (χ1n) is 31.1. The molecule has 2 saturated heterocycles. The molecule has 0 amide bonds. The minimum atomic E-state index is -1.71. The summed E-state index contributed by atoms with van der Waals surface area (Å²) < 4.78 is 34.5. The topological polar surface area (TPSA) is 214 Å². The zero-order valence-corrected chi connectivity index (χ0v) is 48.0. The van der Waals surface area contributed by atoms with Gasteiger partial charge in [0.25, 0.3) is 0 Å². The predicted molar refractivity (Wildman–Crippen MR) is 303 cm³/mol. The van der Waals surface area contributed by atoms with Crippen molar-refractivity contribution in [3.8, 4) is 0 Å². The molecule has 0 aromatic rings. The second-order valence-electron chi connectivity index (χ2n) is 21.9. The third-order valence-corrected chi connectivity index (χ3v) is 14.9. The Hall–Kier alpha value is -1.79. The predicted octanol–water partition coefficient (Wildman–Crippen LogP) is 11.7. The lowest BCUT2D eigenvalue weighted by atomic mass is 9.98. The third-order valence-electron chi connectivity index (χ3n) is 14.9. The second kappa shape index (κ2) is 49.1. The number of unbranched alkanes of at least 4 members (excludes halogenated alkanes) is 31. The Morgan fingerprint density at radius 3 is 1.29 bits per heavy atom. The maximum atomic E-state index is 13.1. The second-order valence-corrected chi connectivity index (χ2v) is 21.9. The highest BCUT2D eigenvalue weighted by Crippen LogP contribution is 2.27. The van der Waals surface area contributed by atoms with Crippen molar-refractivity contribution in [3.63, 3.8) is 0 Å². The fourth-order valence-corrected chi connectivity index (χ4v) is 9.84. The molecule has 11 atom stereocenters. The fraction of sp³-hybridized carbons (Fsp3) is 0.887. The van der Waals surface area contributed by atoms with E-state index >= 15 is 0 Å². The number of ether oxygens (including phenoxy) is 6. The van der Waals surface area contributed by atoms with Crippen LogP contribution in [0.1, 0.15) is 251 Å². The van der Waals surface area contributed by atoms with Crippen LogP contribution in [0, 0.1) is 0 Å². The molecule has 2 rings (SSSR count). The molecule has 0 aromatic heterocycles. The summed E-state index contributed by atoms with van der Waals surface area (Å²) in [4.78, 5) is 13.1. The van der Waals surface area contributed by atoms with Gasteiger partial charge < -0.3 is 64.2 Å². The number of aliphatic hydroxyl groups excluding tert-OH is 7. The molecular weight excluding hydrogens is 969 g/mol. The monoisotopic (exact) mass is 1080 g/mol. The molecule has 11 unspecified atom stereocenters. The van der Waals surface area contributed by atoms with Crippen molar-refractivity contribution in [3.05, 3.63) is 36.5 Å². The van der Waals surface area contributed by atoms with Gasteiger partial charge in [-0.15, -0.1) is 0 Å². The van der Waals surface area contributed by atoms with Crippen molar-refractivity contribution in [1.82, 2.24) is 0 Å². The molecule has 0 saturated carbocycles. The number of allylic oxidation sites excluding steroid dienone is 6. The molecule has 2 aliphatic heterocycles. The molecule has 0 aromatic carbocycles. The van der Waals surface area contributed by atoms with Crippen LogP contribution < -0.4 is 0 Å². The normalized spacial score (nSPS) is 24.6. The molecular formula is C62H114O14. The number of rotatable bonds is 51. The van der Waals surface area contributed by atoms with Crippen LogP contribution in [-0.2, 0) is 33.2 Å². The quantitative estimate of drug-likeness (QED) is 0.0172. The van der Waals surface area contributed by atoms with Gasteiger partial charge >= 0.3 is 5.97 Å². The molecule has 0 bridgehead atoms. The van der Waals surface area contributed by atoms with E-state index < -0.39 is 80.7 Å². The molecule has 2 heterocycles. The molecule has 446 valence electrons. The standard InChI is InChI=1S/C62H114O14/c1-3-5-7-9-11-13-15-17-19-21-23-24-25-26-27-29-31-33-35-37-39-41-43-45-54(64)74-51(48-71-46-44-42-40-38-36-34-32-30-28-22-20-18-16-14-12-10-8-6-4-2)49-72-61-60(70)58(68)56(66)53(76-61)50-73-62-59(69)57(67)55(65)52(47-63)75-62/h14,16,20-23,51-53,55-63,65-70H,3-13,15,17-19,24-50H2,1-2H3/b16-14-,22-20-,23-21-. The number of esters is 1. The van der Waals surface area contributed by atoms with Gasteiger partial charge in [-0.3, -0.25) is 4.79 Å². The van der Waals surface area contributed by atoms with Crippen LogP contribution in [0.2, 0.25) is 0 Å². The van der Waals surface area contributed by atoms with E-state index in [4.69, 9.17) is 28.4 Å². The summed E-state index contributed by atoms with van der Waals surface area (Å²) in [6.45, 7) is 3.70. The van der Waals surface area contributed by atoms with Crippen molar-refractivity contribution in [2.24, 2.45) is 0 Å². The van der Waals surface area contributed by atoms with E-state index in [2.05, 4.69) is 50.3 Å². The lowest BCUT2D eigenvalue weighted by molar-refractivity contribution is -0.332. The molecule has 7 N–H and O–H groups in total. The van der Waals surface area contributed by atoms with Gasteiger partial charge in [0.1, 0.15) is 54.9 Å². The maximum Gasteiger partial charge on any atom is 0.306 e. The first-order chi connectivity index (χ1) is 37.1. The third kappa shape index (κ3) is 35.1. The Morgan fingerprint density at radius 1 is 0.434 bits per heavy atom. The highest BCUT2D eigenvalue weighted by Gasteiger charge is 2.47. The number of aliphatic hydroxyl groups is 7. The van der Waals surface area contributed by atoms with Crippen LogP contribution in [0.5, 0.6) is 0 Å². The van der Waals surface area contributed by atoms with Crippen molar-refractivity contribution in [1.29, 1.82) is 0 Å². The smallest absolute Gasteiger partial charge is 0.306 e. The molecule has 14 nitrogen and oxygen atoms in total. The Balaban J connectivity index is 1.69. The van der Waals surface area contributed by atoms with Crippen LogP contribution >= 0.6 is 0 Å². The van der Waals surface area contributed by atoms with E-state index in [1.807, 2.05) is 0 Å². The number of carbonyl (C=O) groups is 1.